The van der Waals surface area contributed by atoms with Crippen LogP contribution in [0, 0.1) is 17.3 Å². The van der Waals surface area contributed by atoms with Gasteiger partial charge in [-0.2, -0.15) is 0 Å². The van der Waals surface area contributed by atoms with E-state index >= 15 is 0 Å². The maximum atomic E-state index is 11.9. The highest BCUT2D eigenvalue weighted by Gasteiger charge is 2.40. The molecule has 2 unspecified atom stereocenters. The van der Waals surface area contributed by atoms with Crippen LogP contribution in [0.25, 0.3) is 0 Å². The maximum Gasteiger partial charge on any atom is 0.311 e. The lowest BCUT2D eigenvalue weighted by molar-refractivity contribution is -0.169. The number of ether oxygens (including phenoxy) is 3. The van der Waals surface area contributed by atoms with E-state index < -0.39 is 11.5 Å². The Balaban J connectivity index is 1.61. The van der Waals surface area contributed by atoms with E-state index in [1.165, 1.54) is 19.3 Å². The van der Waals surface area contributed by atoms with Crippen LogP contribution in [0.15, 0.2) is 0 Å². The van der Waals surface area contributed by atoms with Gasteiger partial charge < -0.3 is 14.2 Å². The fraction of sp³-hybridized carbons (Fsp3) is 0.889. The molecule has 0 saturated heterocycles. The lowest BCUT2D eigenvalue weighted by Gasteiger charge is -2.23. The summed E-state index contributed by atoms with van der Waals surface area (Å²) < 4.78 is 16.1. The summed E-state index contributed by atoms with van der Waals surface area (Å²) in [6.07, 6.45) is 5.45. The zero-order valence-corrected chi connectivity index (χ0v) is 14.8. The van der Waals surface area contributed by atoms with Crippen LogP contribution < -0.4 is 0 Å². The molecule has 132 valence electrons. The van der Waals surface area contributed by atoms with Crippen molar-refractivity contribution in [3.63, 3.8) is 0 Å². The first kappa shape index (κ1) is 18.2. The molecule has 0 heterocycles. The molecule has 2 rings (SSSR count). The average molecular weight is 326 g/mol. The minimum Gasteiger partial charge on any atom is -0.462 e. The highest BCUT2D eigenvalue weighted by Crippen LogP contribution is 2.45. The summed E-state index contributed by atoms with van der Waals surface area (Å²) in [4.78, 5) is 23.7. The molecule has 0 aromatic heterocycles. The molecule has 23 heavy (non-hydrogen) atoms. The number of hydrogen-bond donors (Lipinski definition) is 0. The second kappa shape index (κ2) is 7.65. The Morgan fingerprint density at radius 2 is 1.96 bits per heavy atom. The molecule has 2 bridgehead atoms. The second-order valence-corrected chi connectivity index (χ2v) is 7.67. The number of rotatable bonds is 8. The molecule has 2 aliphatic carbocycles. The summed E-state index contributed by atoms with van der Waals surface area (Å²) in [6, 6.07) is 0. The first-order chi connectivity index (χ1) is 10.8. The Morgan fingerprint density at radius 3 is 2.52 bits per heavy atom. The van der Waals surface area contributed by atoms with E-state index in [0.29, 0.717) is 12.3 Å². The predicted octanol–water partition coefficient (Wildman–Crippen LogP) is 3.45. The molecule has 2 saturated carbocycles. The molecule has 5 nitrogen and oxygen atoms in total. The smallest absolute Gasteiger partial charge is 0.311 e. The molecule has 0 aromatic carbocycles. The van der Waals surface area contributed by atoms with Crippen LogP contribution in [0.2, 0.25) is 0 Å². The van der Waals surface area contributed by atoms with Crippen LogP contribution >= 0.6 is 0 Å². The van der Waals surface area contributed by atoms with Gasteiger partial charge in [0, 0.05) is 0 Å². The van der Waals surface area contributed by atoms with E-state index in [2.05, 4.69) is 0 Å². The molecule has 0 N–H and O–H groups in total. The van der Waals surface area contributed by atoms with Crippen molar-refractivity contribution in [2.75, 3.05) is 6.79 Å². The summed E-state index contributed by atoms with van der Waals surface area (Å²) in [5, 5.41) is 0. The molecular formula is C18H30O5. The van der Waals surface area contributed by atoms with Crippen LogP contribution in [0.5, 0.6) is 0 Å². The average Bonchev–Trinajstić information content (AvgIpc) is 3.09. The lowest BCUT2D eigenvalue weighted by atomic mass is 9.90. The Hall–Kier alpha value is -1.10. The van der Waals surface area contributed by atoms with Gasteiger partial charge in [0.2, 0.25) is 0 Å². The first-order valence-electron chi connectivity index (χ1n) is 8.80. The zero-order valence-electron chi connectivity index (χ0n) is 14.8. The lowest BCUT2D eigenvalue weighted by Crippen LogP contribution is -2.30. The van der Waals surface area contributed by atoms with Crippen molar-refractivity contribution in [3.8, 4) is 0 Å². The van der Waals surface area contributed by atoms with Crippen LogP contribution in [-0.2, 0) is 23.8 Å². The molecule has 0 aromatic rings. The number of fused-ring (bicyclic) bond motifs is 2. The second-order valence-electron chi connectivity index (χ2n) is 7.67. The number of carbonyl (C=O) groups is 2. The van der Waals surface area contributed by atoms with Crippen molar-refractivity contribution < 1.29 is 23.8 Å². The topological polar surface area (TPSA) is 61.8 Å². The minimum atomic E-state index is -0.525. The fourth-order valence-electron chi connectivity index (χ4n) is 3.40. The third-order valence-corrected chi connectivity index (χ3v) is 5.37. The summed E-state index contributed by atoms with van der Waals surface area (Å²) in [5.41, 5.74) is -0.525. The third-order valence-electron chi connectivity index (χ3n) is 5.37. The van der Waals surface area contributed by atoms with Crippen LogP contribution in [-0.4, -0.2) is 30.9 Å². The van der Waals surface area contributed by atoms with Crippen molar-refractivity contribution in [3.05, 3.63) is 0 Å². The highest BCUT2D eigenvalue weighted by atomic mass is 16.7. The van der Waals surface area contributed by atoms with Gasteiger partial charge in [0.15, 0.2) is 6.79 Å². The van der Waals surface area contributed by atoms with E-state index in [9.17, 15) is 9.59 Å². The normalized spacial score (nSPS) is 27.7. The van der Waals surface area contributed by atoms with E-state index in [-0.39, 0.29) is 31.3 Å². The summed E-state index contributed by atoms with van der Waals surface area (Å²) in [7, 11) is 0. The largest absolute Gasteiger partial charge is 0.462 e. The van der Waals surface area contributed by atoms with Gasteiger partial charge in [-0.1, -0.05) is 6.92 Å². The minimum absolute atomic E-state index is 0.00778. The van der Waals surface area contributed by atoms with Gasteiger partial charge in [-0.15, -0.1) is 0 Å². The van der Waals surface area contributed by atoms with Crippen molar-refractivity contribution in [1.82, 2.24) is 0 Å². The van der Waals surface area contributed by atoms with Crippen molar-refractivity contribution in [2.45, 2.75) is 78.4 Å². The van der Waals surface area contributed by atoms with Crippen molar-refractivity contribution >= 4 is 11.9 Å². The monoisotopic (exact) mass is 326 g/mol. The Bertz CT molecular complexity index is 431. The van der Waals surface area contributed by atoms with Gasteiger partial charge in [-0.25, -0.2) is 0 Å². The summed E-state index contributed by atoms with van der Waals surface area (Å²) >= 11 is 0. The molecule has 2 fully saturated rings. The van der Waals surface area contributed by atoms with Crippen molar-refractivity contribution in [2.24, 2.45) is 17.3 Å². The van der Waals surface area contributed by atoms with Gasteiger partial charge in [-0.3, -0.25) is 9.59 Å². The number of carbonyl (C=O) groups excluding carboxylic acids is 2. The number of esters is 2. The molecule has 0 aliphatic heterocycles. The molecule has 0 spiro atoms. The van der Waals surface area contributed by atoms with E-state index in [1.807, 2.05) is 20.8 Å². The molecule has 4 atom stereocenters. The van der Waals surface area contributed by atoms with E-state index in [4.69, 9.17) is 14.2 Å². The predicted molar refractivity (Wildman–Crippen MR) is 85.5 cm³/mol. The van der Waals surface area contributed by atoms with Crippen LogP contribution in [0.4, 0.5) is 0 Å². The quantitative estimate of drug-likeness (QED) is 0.505. The van der Waals surface area contributed by atoms with Gasteiger partial charge in [-0.05, 0) is 64.7 Å². The summed E-state index contributed by atoms with van der Waals surface area (Å²) in [6.45, 7) is 7.33. The van der Waals surface area contributed by atoms with E-state index in [1.54, 1.807) is 6.92 Å². The standard InChI is InChI=1S/C18H30O5/c1-5-18(3,4)17(20)23-12(2)8-16(19)22-11-21-15-10-13-6-7-14(15)9-13/h12-15H,5-11H2,1-4H3/t12?,13-,14+,15?/m0/s1. The SMILES string of the molecule is CCC(C)(C)C(=O)OC(C)CC(=O)OCOC1C[C@H]2CC[C@@H]1C2. The highest BCUT2D eigenvalue weighted by molar-refractivity contribution is 5.76. The molecule has 0 radical (unpaired) electrons. The van der Waals surface area contributed by atoms with Crippen LogP contribution in [0.3, 0.4) is 0 Å². The van der Waals surface area contributed by atoms with Gasteiger partial charge in [0.05, 0.1) is 17.9 Å². The Kier molecular flexibility index (Phi) is 6.06. The van der Waals surface area contributed by atoms with Gasteiger partial charge >= 0.3 is 11.9 Å². The third kappa shape index (κ3) is 4.93. The van der Waals surface area contributed by atoms with Gasteiger partial charge in [0.1, 0.15) is 6.10 Å². The molecule has 2 aliphatic rings. The first-order valence-corrected chi connectivity index (χ1v) is 8.80. The molecule has 0 amide bonds. The Labute approximate surface area is 139 Å². The van der Waals surface area contributed by atoms with Gasteiger partial charge in [0.25, 0.3) is 0 Å². The Morgan fingerprint density at radius 1 is 1.22 bits per heavy atom. The molecule has 5 heteroatoms. The van der Waals surface area contributed by atoms with Crippen LogP contribution in [0.1, 0.15) is 66.2 Å². The maximum absolute atomic E-state index is 11.9. The van der Waals surface area contributed by atoms with E-state index in [0.717, 1.165) is 12.3 Å². The number of hydrogen-bond acceptors (Lipinski definition) is 5. The van der Waals surface area contributed by atoms with Crippen molar-refractivity contribution in [1.29, 1.82) is 0 Å². The molecular weight excluding hydrogens is 296 g/mol. The summed E-state index contributed by atoms with van der Waals surface area (Å²) in [5.74, 6) is 0.790. The fourth-order valence-corrected chi connectivity index (χ4v) is 3.40. The zero-order chi connectivity index (χ0) is 17.0.